The number of fused-ring (bicyclic) bond motifs is 2. The number of hydrogen-bond donors (Lipinski definition) is 4. The highest BCUT2D eigenvalue weighted by Gasteiger charge is 2.20. The third-order valence-corrected chi connectivity index (χ3v) is 4.86. The van der Waals surface area contributed by atoms with E-state index in [1.54, 1.807) is 6.07 Å². The summed E-state index contributed by atoms with van der Waals surface area (Å²) in [5.74, 6) is -1.46. The zero-order chi connectivity index (χ0) is 22.0. The topological polar surface area (TPSA) is 173 Å². The molecule has 3 rings (SSSR count). The Labute approximate surface area is 170 Å². The Hall–Kier alpha value is -3.60. The molecule has 0 saturated heterocycles. The fourth-order valence-electron chi connectivity index (χ4n) is 3.08. The lowest BCUT2D eigenvalue weighted by atomic mass is 10.1. The molecule has 158 valence electrons. The van der Waals surface area contributed by atoms with Crippen LogP contribution in [0.25, 0.3) is 22.6 Å². The van der Waals surface area contributed by atoms with Crippen LogP contribution >= 0.6 is 0 Å². The van der Waals surface area contributed by atoms with Crippen molar-refractivity contribution in [2.75, 3.05) is 6.54 Å². The minimum absolute atomic E-state index is 0.0163. The number of rotatable bonds is 7. The van der Waals surface area contributed by atoms with Gasteiger partial charge in [0.25, 0.3) is 5.56 Å². The van der Waals surface area contributed by atoms with Gasteiger partial charge in [0.1, 0.15) is 12.6 Å². The van der Waals surface area contributed by atoms with E-state index in [1.807, 2.05) is 19.9 Å². The largest absolute Gasteiger partial charge is 0.480 e. The van der Waals surface area contributed by atoms with E-state index in [0.717, 1.165) is 11.1 Å². The van der Waals surface area contributed by atoms with E-state index in [4.69, 9.17) is 10.8 Å². The van der Waals surface area contributed by atoms with Crippen LogP contribution in [0.1, 0.15) is 24.0 Å². The molecule has 11 heteroatoms. The van der Waals surface area contributed by atoms with Crippen LogP contribution in [0.15, 0.2) is 21.7 Å². The maximum absolute atomic E-state index is 12.5. The average Bonchev–Trinajstić information content (AvgIpc) is 2.67. The van der Waals surface area contributed by atoms with Crippen LogP contribution in [0.5, 0.6) is 0 Å². The molecular weight excluding hydrogens is 392 g/mol. The van der Waals surface area contributed by atoms with Crippen LogP contribution in [0.4, 0.5) is 0 Å². The Morgan fingerprint density at radius 2 is 1.93 bits per heavy atom. The number of nitrogens with zero attached hydrogens (tertiary/aromatic N) is 3. The van der Waals surface area contributed by atoms with Gasteiger partial charge in [-0.3, -0.25) is 19.4 Å². The number of H-pyrrole nitrogens is 1. The molecule has 30 heavy (non-hydrogen) atoms. The summed E-state index contributed by atoms with van der Waals surface area (Å²) in [6.07, 6.45) is 0.613. The van der Waals surface area contributed by atoms with Crippen molar-refractivity contribution in [2.45, 2.75) is 39.3 Å². The molecule has 2 aliphatic rings. The van der Waals surface area contributed by atoms with Crippen LogP contribution in [0, 0.1) is 13.8 Å². The number of carbonyl (C=O) groups is 2. The van der Waals surface area contributed by atoms with Gasteiger partial charge in [0.15, 0.2) is 11.5 Å². The lowest BCUT2D eigenvalue weighted by molar-refractivity contribution is -0.138. The van der Waals surface area contributed by atoms with E-state index in [9.17, 15) is 19.2 Å². The van der Waals surface area contributed by atoms with Crippen LogP contribution in [-0.2, 0) is 16.1 Å². The third-order valence-electron chi connectivity index (χ3n) is 4.86. The van der Waals surface area contributed by atoms with Crippen LogP contribution in [0.2, 0.25) is 0 Å². The number of aliphatic carboxylic acids is 1. The van der Waals surface area contributed by atoms with Gasteiger partial charge in [0, 0.05) is 6.54 Å². The number of nitrogens with one attached hydrogen (secondary N) is 2. The van der Waals surface area contributed by atoms with Crippen molar-refractivity contribution < 1.29 is 14.7 Å². The first kappa shape index (κ1) is 21.1. The number of aromatic amines is 1. The summed E-state index contributed by atoms with van der Waals surface area (Å²) < 4.78 is 1.49. The third kappa shape index (κ3) is 4.35. The van der Waals surface area contributed by atoms with Crippen LogP contribution in [-0.4, -0.2) is 49.1 Å². The Morgan fingerprint density at radius 3 is 2.63 bits per heavy atom. The zero-order valence-electron chi connectivity index (χ0n) is 16.6. The first-order valence-corrected chi connectivity index (χ1v) is 9.34. The second-order valence-corrected chi connectivity index (χ2v) is 7.10. The van der Waals surface area contributed by atoms with Gasteiger partial charge in [-0.25, -0.2) is 9.78 Å². The monoisotopic (exact) mass is 414 g/mol. The second kappa shape index (κ2) is 8.41. The fraction of sp³-hybridized carbons (Fsp3) is 0.368. The van der Waals surface area contributed by atoms with E-state index >= 15 is 0 Å². The van der Waals surface area contributed by atoms with E-state index in [2.05, 4.69) is 20.3 Å². The lowest BCUT2D eigenvalue weighted by Crippen LogP contribution is -2.34. The summed E-state index contributed by atoms with van der Waals surface area (Å²) in [6, 6.07) is 2.64. The summed E-state index contributed by atoms with van der Waals surface area (Å²) >= 11 is 0. The van der Waals surface area contributed by atoms with Gasteiger partial charge in [-0.2, -0.15) is 4.98 Å². The number of carbonyl (C=O) groups excluding carboxylic acids is 1. The number of benzene rings is 1. The summed E-state index contributed by atoms with van der Waals surface area (Å²) in [5, 5.41) is 11.5. The number of aromatic nitrogens is 4. The molecule has 0 radical (unpaired) electrons. The van der Waals surface area contributed by atoms with Gasteiger partial charge in [0.2, 0.25) is 5.91 Å². The highest BCUT2D eigenvalue weighted by molar-refractivity contribution is 5.84. The Balaban J connectivity index is 1.93. The number of nitrogens with two attached hydrogens (primary N) is 1. The maximum atomic E-state index is 12.5. The highest BCUT2D eigenvalue weighted by Crippen LogP contribution is 2.23. The normalized spacial score (nSPS) is 12.2. The van der Waals surface area contributed by atoms with Crippen molar-refractivity contribution in [3.63, 3.8) is 0 Å². The number of carboxylic acids is 1. The van der Waals surface area contributed by atoms with Gasteiger partial charge in [0.05, 0.1) is 11.0 Å². The SMILES string of the molecule is Cc1cc2nc3c(=O)[nH]c(=O)nc-3n(CC(=O)NCCC[C@@H](N)C(=O)O)c2cc1C. The van der Waals surface area contributed by atoms with Crippen molar-refractivity contribution >= 4 is 22.9 Å². The summed E-state index contributed by atoms with van der Waals surface area (Å²) in [6.45, 7) is 3.85. The minimum atomic E-state index is -1.10. The summed E-state index contributed by atoms with van der Waals surface area (Å²) in [7, 11) is 0. The minimum Gasteiger partial charge on any atom is -0.480 e. The van der Waals surface area contributed by atoms with E-state index in [1.165, 1.54) is 4.57 Å². The number of carboxylic acid groups (broad SMARTS) is 1. The zero-order valence-corrected chi connectivity index (χ0v) is 16.6. The van der Waals surface area contributed by atoms with Crippen LogP contribution < -0.4 is 22.3 Å². The molecule has 2 heterocycles. The molecule has 11 nitrogen and oxygen atoms in total. The molecule has 0 fully saturated rings. The molecule has 0 saturated carbocycles. The quantitative estimate of drug-likeness (QED) is 0.296. The van der Waals surface area contributed by atoms with Crippen molar-refractivity contribution in [1.82, 2.24) is 24.8 Å². The van der Waals surface area contributed by atoms with Crippen molar-refractivity contribution in [3.8, 4) is 11.5 Å². The van der Waals surface area contributed by atoms with Crippen molar-refractivity contribution in [3.05, 3.63) is 44.1 Å². The first-order valence-electron chi connectivity index (χ1n) is 9.34. The van der Waals surface area contributed by atoms with Gasteiger partial charge in [-0.1, -0.05) is 0 Å². The molecule has 1 atom stereocenters. The van der Waals surface area contributed by atoms with Gasteiger partial charge >= 0.3 is 11.7 Å². The molecule has 0 unspecified atom stereocenters. The van der Waals surface area contributed by atoms with Gasteiger partial charge < -0.3 is 20.7 Å². The number of hydrogen-bond acceptors (Lipinski definition) is 7. The molecular formula is C19H22N6O5. The predicted molar refractivity (Wildman–Crippen MR) is 108 cm³/mol. The molecule has 0 spiro atoms. The average molecular weight is 414 g/mol. The summed E-state index contributed by atoms with van der Waals surface area (Å²) in [4.78, 5) is 57.5. The van der Waals surface area contributed by atoms with Gasteiger partial charge in [-0.05, 0) is 49.9 Å². The molecule has 0 aromatic heterocycles. The maximum Gasteiger partial charge on any atom is 0.349 e. The molecule has 0 bridgehead atoms. The van der Waals surface area contributed by atoms with Gasteiger partial charge in [-0.15, -0.1) is 0 Å². The Kier molecular flexibility index (Phi) is 5.92. The molecule has 2 aliphatic heterocycles. The van der Waals surface area contributed by atoms with Crippen LogP contribution in [0.3, 0.4) is 0 Å². The number of aryl methyl sites for hydroxylation is 2. The molecule has 5 N–H and O–H groups in total. The van der Waals surface area contributed by atoms with E-state index in [-0.39, 0.29) is 36.9 Å². The molecule has 1 aromatic rings. The Morgan fingerprint density at radius 1 is 1.23 bits per heavy atom. The number of amides is 1. The Bertz CT molecular complexity index is 1210. The molecule has 1 aromatic carbocycles. The van der Waals surface area contributed by atoms with Crippen molar-refractivity contribution in [1.29, 1.82) is 0 Å². The van der Waals surface area contributed by atoms with E-state index in [0.29, 0.717) is 17.5 Å². The first-order chi connectivity index (χ1) is 14.2. The fourth-order valence-corrected chi connectivity index (χ4v) is 3.08. The van der Waals surface area contributed by atoms with E-state index < -0.39 is 23.3 Å². The smallest absolute Gasteiger partial charge is 0.349 e. The second-order valence-electron chi connectivity index (χ2n) is 7.10. The summed E-state index contributed by atoms with van der Waals surface area (Å²) in [5.41, 5.74) is 6.88. The molecule has 1 amide bonds. The predicted octanol–water partition coefficient (Wildman–Crippen LogP) is -0.490. The highest BCUT2D eigenvalue weighted by atomic mass is 16.4. The van der Waals surface area contributed by atoms with Crippen molar-refractivity contribution in [2.24, 2.45) is 5.73 Å². The molecule has 0 aliphatic carbocycles. The lowest BCUT2D eigenvalue weighted by Gasteiger charge is -2.17. The standard InChI is InChI=1S/C19H22N6O5/c1-9-6-12-13(7-10(9)2)25(16-15(22-12)17(27)24-19(30)23-16)8-14(26)21-5-3-4-11(20)18(28)29/h6-7,11H,3-5,8,20H2,1-2H3,(H,21,26)(H,28,29)(H,24,27,30)/t11-/m1/s1.